The number of pyridine rings is 1. The van der Waals surface area contributed by atoms with Crippen LogP contribution >= 0.6 is 0 Å². The Labute approximate surface area is 191 Å². The number of H-pyrrole nitrogens is 2. The molecule has 0 radical (unpaired) electrons. The number of aromatic nitrogens is 4. The maximum Gasteiger partial charge on any atom is 0.270 e. The number of ether oxygens (including phenoxy) is 1. The second-order valence-electron chi connectivity index (χ2n) is 9.10. The molecule has 3 N–H and O–H groups in total. The van der Waals surface area contributed by atoms with Gasteiger partial charge in [-0.25, -0.2) is 9.97 Å². The fourth-order valence-electron chi connectivity index (χ4n) is 5.27. The summed E-state index contributed by atoms with van der Waals surface area (Å²) in [5, 5.41) is 10.9. The highest BCUT2D eigenvalue weighted by molar-refractivity contribution is 5.99. The molecule has 0 spiro atoms. The van der Waals surface area contributed by atoms with Gasteiger partial charge in [0.25, 0.3) is 5.91 Å². The Morgan fingerprint density at radius 2 is 1.85 bits per heavy atom. The first kappa shape index (κ1) is 20.2. The number of hydrogen-bond acceptors (Lipinski definition) is 5. The zero-order valence-electron chi connectivity index (χ0n) is 18.4. The van der Waals surface area contributed by atoms with Crippen molar-refractivity contribution in [2.75, 3.05) is 26.3 Å². The molecule has 33 heavy (non-hydrogen) atoms. The highest BCUT2D eigenvalue weighted by Crippen LogP contribution is 2.34. The fraction of sp³-hybridized carbons (Fsp3) is 0.400. The molecule has 0 aliphatic carbocycles. The van der Waals surface area contributed by atoms with Crippen molar-refractivity contribution in [1.29, 1.82) is 0 Å². The number of amides is 1. The molecule has 0 bridgehead atoms. The zero-order valence-corrected chi connectivity index (χ0v) is 18.4. The molecule has 2 aliphatic rings. The van der Waals surface area contributed by atoms with Crippen LogP contribution < -0.4 is 0 Å². The van der Waals surface area contributed by atoms with Crippen molar-refractivity contribution in [1.82, 2.24) is 24.8 Å². The molecule has 3 aromatic heterocycles. The summed E-state index contributed by atoms with van der Waals surface area (Å²) in [6.45, 7) is 2.94. The van der Waals surface area contributed by atoms with Gasteiger partial charge in [-0.1, -0.05) is 12.1 Å². The Morgan fingerprint density at radius 1 is 1.03 bits per heavy atom. The predicted octanol–water partition coefficient (Wildman–Crippen LogP) is 4.06. The smallest absolute Gasteiger partial charge is 0.270 e. The van der Waals surface area contributed by atoms with Gasteiger partial charge >= 0.3 is 0 Å². The summed E-state index contributed by atoms with van der Waals surface area (Å²) in [5.74, 6) is 1.91. The summed E-state index contributed by atoms with van der Waals surface area (Å²) in [6, 6.07) is 9.21. The molecule has 5 heterocycles. The maximum atomic E-state index is 13.1. The number of carbonyl (C=O) groups excluding carboxylic acids is 1. The third kappa shape index (κ3) is 3.64. The van der Waals surface area contributed by atoms with Gasteiger partial charge in [0.2, 0.25) is 0 Å². The molecule has 1 amide bonds. The number of rotatable bonds is 3. The van der Waals surface area contributed by atoms with Gasteiger partial charge in [-0.15, -0.1) is 0 Å². The van der Waals surface area contributed by atoms with Gasteiger partial charge in [-0.2, -0.15) is 0 Å². The molecule has 0 unspecified atom stereocenters. The lowest BCUT2D eigenvalue weighted by molar-refractivity contribution is 0.0708. The predicted molar refractivity (Wildman–Crippen MR) is 125 cm³/mol. The summed E-state index contributed by atoms with van der Waals surface area (Å²) >= 11 is 0. The van der Waals surface area contributed by atoms with E-state index in [0.717, 1.165) is 61.3 Å². The molecule has 2 aliphatic heterocycles. The number of carbonyl (C=O) groups is 1. The van der Waals surface area contributed by atoms with Gasteiger partial charge < -0.3 is 24.7 Å². The fourth-order valence-corrected chi connectivity index (χ4v) is 5.27. The third-order valence-corrected chi connectivity index (χ3v) is 7.14. The standard InChI is InChI=1S/C25H27N5O3/c31-20-3-1-2-17-14-19(27-21(17)20)25(32)30-10-5-15(6-11-30)18-4-9-26-24-22(18)28-23(29-24)16-7-12-33-13-8-16/h1-4,9,14-16,27,31H,5-8,10-13H2,(H,26,28,29). The van der Waals surface area contributed by atoms with E-state index in [0.29, 0.717) is 36.1 Å². The monoisotopic (exact) mass is 445 g/mol. The molecule has 6 rings (SSSR count). The number of likely N-dealkylation sites (tertiary alicyclic amines) is 1. The van der Waals surface area contributed by atoms with Gasteiger partial charge in [-0.05, 0) is 55.4 Å². The van der Waals surface area contributed by atoms with E-state index in [1.54, 1.807) is 12.1 Å². The van der Waals surface area contributed by atoms with Crippen LogP contribution in [0.15, 0.2) is 36.5 Å². The van der Waals surface area contributed by atoms with E-state index in [-0.39, 0.29) is 11.7 Å². The number of hydrogen-bond donors (Lipinski definition) is 3. The largest absolute Gasteiger partial charge is 0.506 e. The van der Waals surface area contributed by atoms with Gasteiger partial charge in [-0.3, -0.25) is 4.79 Å². The Kier molecular flexibility index (Phi) is 5.02. The van der Waals surface area contributed by atoms with Crippen molar-refractivity contribution in [3.05, 3.63) is 53.6 Å². The molecular weight excluding hydrogens is 418 g/mol. The van der Waals surface area contributed by atoms with Crippen molar-refractivity contribution in [3.63, 3.8) is 0 Å². The van der Waals surface area contributed by atoms with E-state index in [1.165, 1.54) is 5.56 Å². The zero-order chi connectivity index (χ0) is 22.4. The molecule has 8 heteroatoms. The highest BCUT2D eigenvalue weighted by Gasteiger charge is 2.28. The number of fused-ring (bicyclic) bond motifs is 2. The number of nitrogens with one attached hydrogen (secondary N) is 2. The first-order valence-electron chi connectivity index (χ1n) is 11.7. The molecule has 8 nitrogen and oxygen atoms in total. The molecular formula is C25H27N5O3. The van der Waals surface area contributed by atoms with Crippen molar-refractivity contribution in [3.8, 4) is 5.75 Å². The average molecular weight is 446 g/mol. The van der Waals surface area contributed by atoms with Crippen molar-refractivity contribution < 1.29 is 14.6 Å². The highest BCUT2D eigenvalue weighted by atomic mass is 16.5. The number of aromatic amines is 2. The van der Waals surface area contributed by atoms with Gasteiger partial charge in [0, 0.05) is 43.8 Å². The van der Waals surface area contributed by atoms with Crippen LogP contribution in [0, 0.1) is 0 Å². The number of aromatic hydroxyl groups is 1. The lowest BCUT2D eigenvalue weighted by Gasteiger charge is -2.32. The Bertz CT molecular complexity index is 1310. The Morgan fingerprint density at radius 3 is 2.64 bits per heavy atom. The number of benzene rings is 1. The number of piperidine rings is 1. The normalized spacial score (nSPS) is 18.4. The van der Waals surface area contributed by atoms with Crippen molar-refractivity contribution >= 4 is 28.0 Å². The summed E-state index contributed by atoms with van der Waals surface area (Å²) in [6.07, 6.45) is 5.60. The van der Waals surface area contributed by atoms with Crippen LogP contribution in [0.4, 0.5) is 0 Å². The van der Waals surface area contributed by atoms with E-state index in [4.69, 9.17) is 9.72 Å². The van der Waals surface area contributed by atoms with Crippen LogP contribution in [-0.2, 0) is 4.74 Å². The quantitative estimate of drug-likeness (QED) is 0.441. The number of para-hydroxylation sites is 1. The van der Waals surface area contributed by atoms with Crippen molar-refractivity contribution in [2.45, 2.75) is 37.5 Å². The minimum absolute atomic E-state index is 0.0210. The van der Waals surface area contributed by atoms with Crippen LogP contribution in [0.1, 0.15) is 59.4 Å². The van der Waals surface area contributed by atoms with Crippen LogP contribution in [0.3, 0.4) is 0 Å². The van der Waals surface area contributed by atoms with Crippen LogP contribution in [0.2, 0.25) is 0 Å². The SMILES string of the molecule is O=C(c1cc2cccc(O)c2[nH]1)N1CCC(c2ccnc3nc(C4CCOCC4)[nH]c23)CC1. The van der Waals surface area contributed by atoms with E-state index < -0.39 is 0 Å². The van der Waals surface area contributed by atoms with Gasteiger partial charge in [0.1, 0.15) is 17.3 Å². The van der Waals surface area contributed by atoms with Crippen LogP contribution in [-0.4, -0.2) is 62.2 Å². The lowest BCUT2D eigenvalue weighted by atomic mass is 9.89. The van der Waals surface area contributed by atoms with Gasteiger partial charge in [0.15, 0.2) is 5.65 Å². The molecule has 170 valence electrons. The molecule has 2 fully saturated rings. The average Bonchev–Trinajstić information content (AvgIpc) is 3.50. The Balaban J connectivity index is 1.19. The molecule has 1 aromatic carbocycles. The van der Waals surface area contributed by atoms with E-state index in [1.807, 2.05) is 23.2 Å². The van der Waals surface area contributed by atoms with Gasteiger partial charge in [0.05, 0.1) is 11.0 Å². The number of phenols is 1. The molecule has 0 atom stereocenters. The topological polar surface area (TPSA) is 107 Å². The van der Waals surface area contributed by atoms with E-state index in [2.05, 4.69) is 21.0 Å². The summed E-state index contributed by atoms with van der Waals surface area (Å²) < 4.78 is 5.49. The second kappa shape index (κ2) is 8.19. The summed E-state index contributed by atoms with van der Waals surface area (Å²) in [4.78, 5) is 30.9. The minimum atomic E-state index is -0.0210. The first-order valence-corrected chi connectivity index (χ1v) is 11.7. The van der Waals surface area contributed by atoms with Crippen LogP contribution in [0.25, 0.3) is 22.1 Å². The van der Waals surface area contributed by atoms with E-state index in [9.17, 15) is 9.90 Å². The van der Waals surface area contributed by atoms with Crippen LogP contribution in [0.5, 0.6) is 5.75 Å². The second-order valence-corrected chi connectivity index (χ2v) is 9.10. The molecule has 0 saturated carbocycles. The third-order valence-electron chi connectivity index (χ3n) is 7.14. The summed E-state index contributed by atoms with van der Waals surface area (Å²) in [5.41, 5.74) is 4.19. The molecule has 2 saturated heterocycles. The summed E-state index contributed by atoms with van der Waals surface area (Å²) in [7, 11) is 0. The van der Waals surface area contributed by atoms with E-state index >= 15 is 0 Å². The maximum absolute atomic E-state index is 13.1. The number of phenolic OH excluding ortho intramolecular Hbond substituents is 1. The lowest BCUT2D eigenvalue weighted by Crippen LogP contribution is -2.38. The minimum Gasteiger partial charge on any atom is -0.506 e. The molecule has 4 aromatic rings. The number of nitrogens with zero attached hydrogens (tertiary/aromatic N) is 3. The Hall–Kier alpha value is -3.39. The first-order chi connectivity index (χ1) is 16.2. The number of imidazole rings is 1. The van der Waals surface area contributed by atoms with Crippen molar-refractivity contribution in [2.24, 2.45) is 0 Å².